The maximum atomic E-state index is 13.8. The molecule has 0 N–H and O–H groups in total. The molecule has 1 aliphatic rings. The third-order valence-electron chi connectivity index (χ3n) is 3.50. The maximum absolute atomic E-state index is 13.8. The molecule has 3 rings (SSSR count). The van der Waals surface area contributed by atoms with Crippen LogP contribution in [0.1, 0.15) is 30.9 Å². The van der Waals surface area contributed by atoms with Crippen molar-refractivity contribution in [2.45, 2.75) is 32.2 Å². The van der Waals surface area contributed by atoms with Gasteiger partial charge in [0.1, 0.15) is 5.82 Å². The Kier molecular flexibility index (Phi) is 1.84. The Morgan fingerprint density at radius 2 is 2.07 bits per heavy atom. The number of aromatic nitrogens is 1. The van der Waals surface area contributed by atoms with Crippen molar-refractivity contribution in [3.05, 3.63) is 35.8 Å². The predicted octanol–water partition coefficient (Wildman–Crippen LogP) is 3.81. The highest BCUT2D eigenvalue weighted by Gasteiger charge is 2.21. The van der Waals surface area contributed by atoms with Gasteiger partial charge in [0.25, 0.3) is 0 Å². The van der Waals surface area contributed by atoms with E-state index in [1.807, 2.05) is 31.3 Å². The lowest BCUT2D eigenvalue weighted by Crippen LogP contribution is -2.15. The topological polar surface area (TPSA) is 4.93 Å². The molecule has 0 spiro atoms. The summed E-state index contributed by atoms with van der Waals surface area (Å²) in [6, 6.07) is 6.40. The first kappa shape index (κ1) is 8.96. The number of fused-ring (bicyclic) bond motifs is 1. The van der Waals surface area contributed by atoms with Crippen LogP contribution < -0.4 is 0 Å². The summed E-state index contributed by atoms with van der Waals surface area (Å²) in [5, 5.41) is 0.766. The van der Waals surface area contributed by atoms with E-state index in [9.17, 15) is 4.39 Å². The zero-order valence-corrected chi connectivity index (χ0v) is 8.83. The molecule has 0 bridgehead atoms. The highest BCUT2D eigenvalue weighted by Crippen LogP contribution is 2.35. The van der Waals surface area contributed by atoms with Crippen LogP contribution in [0.5, 0.6) is 0 Å². The summed E-state index contributed by atoms with van der Waals surface area (Å²) in [4.78, 5) is 0. The zero-order chi connectivity index (χ0) is 10.4. The number of hydrogen-bond acceptors (Lipinski definition) is 0. The Morgan fingerprint density at radius 3 is 2.73 bits per heavy atom. The minimum Gasteiger partial charge on any atom is -0.344 e. The van der Waals surface area contributed by atoms with Crippen LogP contribution in [0.2, 0.25) is 0 Å². The van der Waals surface area contributed by atoms with Crippen LogP contribution in [0.25, 0.3) is 10.9 Å². The van der Waals surface area contributed by atoms with E-state index in [1.165, 1.54) is 19.3 Å². The molecule has 1 fully saturated rings. The highest BCUT2D eigenvalue weighted by molar-refractivity contribution is 5.81. The molecule has 2 heteroatoms. The van der Waals surface area contributed by atoms with Gasteiger partial charge in [-0.15, -0.1) is 0 Å². The fraction of sp³-hybridized carbons (Fsp3) is 0.385. The molecule has 1 saturated carbocycles. The minimum atomic E-state index is -0.0643. The minimum absolute atomic E-state index is 0.0643. The molecule has 0 saturated heterocycles. The molecule has 1 nitrogen and oxygen atoms in total. The molecular weight excluding hydrogens is 189 g/mol. The fourth-order valence-corrected chi connectivity index (χ4v) is 2.29. The molecule has 78 valence electrons. The number of rotatable bonds is 1. The molecule has 0 unspecified atom stereocenters. The standard InChI is InChI=1S/C13H14FN/c1-9-5-6-12-11(13(9)14)7-8-15(12)10-3-2-4-10/h5-8,10H,2-4H2,1H3. The summed E-state index contributed by atoms with van der Waals surface area (Å²) < 4.78 is 16.0. The SMILES string of the molecule is Cc1ccc2c(ccn2C2CCC2)c1F. The molecular formula is C13H14FN. The molecule has 1 aromatic carbocycles. The van der Waals surface area contributed by atoms with E-state index in [0.29, 0.717) is 6.04 Å². The summed E-state index contributed by atoms with van der Waals surface area (Å²) in [7, 11) is 0. The van der Waals surface area contributed by atoms with Crippen LogP contribution >= 0.6 is 0 Å². The Labute approximate surface area is 88.5 Å². The number of benzene rings is 1. The van der Waals surface area contributed by atoms with Gasteiger partial charge in [0.2, 0.25) is 0 Å². The van der Waals surface area contributed by atoms with Gasteiger partial charge >= 0.3 is 0 Å². The Morgan fingerprint density at radius 1 is 1.27 bits per heavy atom. The summed E-state index contributed by atoms with van der Waals surface area (Å²) in [5.41, 5.74) is 1.77. The van der Waals surface area contributed by atoms with Gasteiger partial charge in [-0.1, -0.05) is 6.07 Å². The van der Waals surface area contributed by atoms with Crippen molar-refractivity contribution in [2.75, 3.05) is 0 Å². The maximum Gasteiger partial charge on any atom is 0.135 e. The zero-order valence-electron chi connectivity index (χ0n) is 8.83. The smallest absolute Gasteiger partial charge is 0.135 e. The predicted molar refractivity (Wildman–Crippen MR) is 59.5 cm³/mol. The molecule has 1 aromatic heterocycles. The van der Waals surface area contributed by atoms with Crippen LogP contribution in [0.4, 0.5) is 4.39 Å². The van der Waals surface area contributed by atoms with E-state index >= 15 is 0 Å². The molecule has 0 radical (unpaired) electrons. The van der Waals surface area contributed by atoms with Gasteiger partial charge < -0.3 is 4.57 Å². The van der Waals surface area contributed by atoms with Crippen LogP contribution in [0.15, 0.2) is 24.4 Å². The van der Waals surface area contributed by atoms with Crippen LogP contribution in [-0.4, -0.2) is 4.57 Å². The lowest BCUT2D eigenvalue weighted by atomic mass is 9.93. The largest absolute Gasteiger partial charge is 0.344 e. The van der Waals surface area contributed by atoms with Gasteiger partial charge in [-0.05, 0) is 43.9 Å². The van der Waals surface area contributed by atoms with E-state index < -0.39 is 0 Å². The normalized spacial score (nSPS) is 16.9. The number of aryl methyl sites for hydroxylation is 1. The molecule has 1 aliphatic carbocycles. The van der Waals surface area contributed by atoms with E-state index in [2.05, 4.69) is 4.57 Å². The molecule has 15 heavy (non-hydrogen) atoms. The fourth-order valence-electron chi connectivity index (χ4n) is 2.29. The van der Waals surface area contributed by atoms with Crippen LogP contribution in [-0.2, 0) is 0 Å². The number of hydrogen-bond donors (Lipinski definition) is 0. The number of nitrogens with zero attached hydrogens (tertiary/aromatic N) is 1. The third kappa shape index (κ3) is 1.21. The van der Waals surface area contributed by atoms with Crippen molar-refractivity contribution in [3.63, 3.8) is 0 Å². The van der Waals surface area contributed by atoms with E-state index in [4.69, 9.17) is 0 Å². The lowest BCUT2D eigenvalue weighted by Gasteiger charge is -2.28. The summed E-state index contributed by atoms with van der Waals surface area (Å²) in [5.74, 6) is -0.0643. The van der Waals surface area contributed by atoms with Crippen molar-refractivity contribution in [1.82, 2.24) is 4.57 Å². The molecule has 1 heterocycles. The van der Waals surface area contributed by atoms with Crippen molar-refractivity contribution in [2.24, 2.45) is 0 Å². The lowest BCUT2D eigenvalue weighted by molar-refractivity contribution is 0.321. The first-order valence-corrected chi connectivity index (χ1v) is 5.53. The molecule has 0 amide bonds. The Balaban J connectivity index is 2.21. The number of halogens is 1. The monoisotopic (exact) mass is 203 g/mol. The second-order valence-corrected chi connectivity index (χ2v) is 4.44. The second kappa shape index (κ2) is 3.09. The van der Waals surface area contributed by atoms with Gasteiger partial charge in [-0.25, -0.2) is 4.39 Å². The molecule has 0 atom stereocenters. The van der Waals surface area contributed by atoms with Crippen LogP contribution in [0.3, 0.4) is 0 Å². The van der Waals surface area contributed by atoms with Crippen molar-refractivity contribution >= 4 is 10.9 Å². The molecule has 0 aliphatic heterocycles. The van der Waals surface area contributed by atoms with Gasteiger partial charge in [0.15, 0.2) is 0 Å². The van der Waals surface area contributed by atoms with Gasteiger partial charge in [0, 0.05) is 17.6 Å². The second-order valence-electron chi connectivity index (χ2n) is 4.44. The third-order valence-corrected chi connectivity index (χ3v) is 3.50. The van der Waals surface area contributed by atoms with Crippen LogP contribution in [0, 0.1) is 12.7 Å². The average Bonchev–Trinajstić information content (AvgIpc) is 2.54. The summed E-state index contributed by atoms with van der Waals surface area (Å²) in [6.07, 6.45) is 5.80. The Hall–Kier alpha value is -1.31. The van der Waals surface area contributed by atoms with Gasteiger partial charge in [-0.3, -0.25) is 0 Å². The quantitative estimate of drug-likeness (QED) is 0.664. The summed E-state index contributed by atoms with van der Waals surface area (Å²) in [6.45, 7) is 1.81. The first-order valence-electron chi connectivity index (χ1n) is 5.53. The van der Waals surface area contributed by atoms with E-state index in [1.54, 1.807) is 0 Å². The van der Waals surface area contributed by atoms with E-state index in [-0.39, 0.29) is 5.82 Å². The first-order chi connectivity index (χ1) is 7.27. The van der Waals surface area contributed by atoms with Gasteiger partial charge in [0.05, 0.1) is 5.52 Å². The highest BCUT2D eigenvalue weighted by atomic mass is 19.1. The average molecular weight is 203 g/mol. The van der Waals surface area contributed by atoms with Crippen molar-refractivity contribution in [3.8, 4) is 0 Å². The van der Waals surface area contributed by atoms with Gasteiger partial charge in [-0.2, -0.15) is 0 Å². The van der Waals surface area contributed by atoms with Crippen molar-refractivity contribution in [1.29, 1.82) is 0 Å². The summed E-state index contributed by atoms with van der Waals surface area (Å²) >= 11 is 0. The van der Waals surface area contributed by atoms with Crippen molar-refractivity contribution < 1.29 is 4.39 Å². The van der Waals surface area contributed by atoms with E-state index in [0.717, 1.165) is 16.5 Å². The Bertz CT molecular complexity index is 508. The molecule has 2 aromatic rings.